The molecule has 7 N–H and O–H groups in total. The van der Waals surface area contributed by atoms with Crippen LogP contribution in [0.3, 0.4) is 0 Å². The van der Waals surface area contributed by atoms with Gasteiger partial charge in [-0.25, -0.2) is 5.26 Å². The lowest BCUT2D eigenvalue weighted by Gasteiger charge is -1.79. The van der Waals surface area contributed by atoms with Crippen LogP contribution in [0.4, 0.5) is 0 Å². The topological polar surface area (TPSA) is 176 Å². The zero-order valence-electron chi connectivity index (χ0n) is 7.04. The van der Waals surface area contributed by atoms with Crippen LogP contribution in [-0.4, -0.2) is 34.5 Å². The summed E-state index contributed by atoms with van der Waals surface area (Å²) in [6, 6.07) is 0. The molecule has 0 radical (unpaired) electrons. The van der Waals surface area contributed by atoms with Gasteiger partial charge in [0.05, 0.1) is 0 Å². The van der Waals surface area contributed by atoms with Crippen LogP contribution in [0.2, 0.25) is 0 Å². The Bertz CT molecular complexity index is 182. The van der Waals surface area contributed by atoms with Crippen molar-refractivity contribution in [2.75, 3.05) is 0 Å². The molecule has 0 heterocycles. The summed E-state index contributed by atoms with van der Waals surface area (Å²) in [5.74, 6) is 0.167. The van der Waals surface area contributed by atoms with Crippen LogP contribution in [0.1, 0.15) is 13.8 Å². The molecule has 0 rings (SSSR count). The average molecular weight is 223 g/mol. The number of carbonyl (C=O) groups excluding carboxylic acids is 1. The molecule has 0 saturated heterocycles. The molecule has 0 aliphatic heterocycles. The summed E-state index contributed by atoms with van der Waals surface area (Å²) in [6.07, 6.45) is 0. The molecule has 0 bridgehead atoms. The van der Waals surface area contributed by atoms with Crippen molar-refractivity contribution < 1.29 is 37.9 Å². The van der Waals surface area contributed by atoms with E-state index in [-0.39, 0.29) is 11.9 Å². The van der Waals surface area contributed by atoms with Crippen molar-refractivity contribution in [2.24, 2.45) is 0 Å². The Balaban J connectivity index is -0.0000000512. The molecule has 0 amide bonds. The van der Waals surface area contributed by atoms with Crippen molar-refractivity contribution >= 4 is 16.2 Å². The highest BCUT2D eigenvalue weighted by Crippen LogP contribution is 1.74. The van der Waals surface area contributed by atoms with E-state index in [1.165, 1.54) is 13.8 Å². The highest BCUT2D eigenvalue weighted by molar-refractivity contribution is 7.80. The average Bonchev–Trinajstić information content (AvgIpc) is 1.90. The molecule has 9 nitrogen and oxygen atoms in total. The third-order valence-electron chi connectivity index (χ3n) is 0.0942. The first-order chi connectivity index (χ1) is 5.29. The van der Waals surface area contributed by atoms with Crippen molar-refractivity contribution in [3.63, 3.8) is 0 Å². The molecule has 0 aliphatic rings. The largest absolute Gasteiger partial charge is 0.423 e. The summed E-state index contributed by atoms with van der Waals surface area (Å²) >= 11 is 0. The van der Waals surface area contributed by atoms with Gasteiger partial charge in [-0.2, -0.15) is 8.42 Å². The van der Waals surface area contributed by atoms with E-state index in [1.807, 2.05) is 0 Å². The molecule has 10 heteroatoms. The number of rotatable bonds is 1. The molecule has 13 heavy (non-hydrogen) atoms. The van der Waals surface area contributed by atoms with Crippen molar-refractivity contribution in [2.45, 2.75) is 13.8 Å². The number of ketones is 1. The van der Waals surface area contributed by atoms with Gasteiger partial charge in [0.2, 0.25) is 0 Å². The molecule has 84 valence electrons. The normalized spacial score (nSPS) is 7.85. The Kier molecular flexibility index (Phi) is 24.5. The van der Waals surface area contributed by atoms with Crippen LogP contribution in [0.15, 0.2) is 0 Å². The SMILES string of the molecule is CC(C)=O.N.O=S(=O)(O)OO.OO. The number of Topliss-reactive ketones (excluding diaryl/α,β-unsaturated/α-hetero) is 1. The fourth-order valence-corrected chi connectivity index (χ4v) is 0. The zero-order chi connectivity index (χ0) is 10.8. The molecule has 0 aromatic rings. The van der Waals surface area contributed by atoms with E-state index in [4.69, 9.17) is 28.7 Å². The maximum absolute atomic E-state index is 9.44. The predicted molar refractivity (Wildman–Crippen MR) is 41.9 cm³/mol. The Morgan fingerprint density at radius 1 is 1.23 bits per heavy atom. The van der Waals surface area contributed by atoms with Gasteiger partial charge in [0, 0.05) is 0 Å². The van der Waals surface area contributed by atoms with Crippen LogP contribution >= 0.6 is 0 Å². The number of hydrogen-bond donors (Lipinski definition) is 5. The highest BCUT2D eigenvalue weighted by atomic mass is 32.3. The Morgan fingerprint density at radius 3 is 1.31 bits per heavy atom. The maximum atomic E-state index is 9.44. The molecule has 0 atom stereocenters. The summed E-state index contributed by atoms with van der Waals surface area (Å²) in [4.78, 5) is 9.44. The van der Waals surface area contributed by atoms with Crippen molar-refractivity contribution in [1.29, 1.82) is 0 Å². The van der Waals surface area contributed by atoms with Crippen molar-refractivity contribution in [1.82, 2.24) is 6.15 Å². The lowest BCUT2D eigenvalue weighted by Crippen LogP contribution is -1.97. The van der Waals surface area contributed by atoms with Gasteiger partial charge >= 0.3 is 10.4 Å². The van der Waals surface area contributed by atoms with E-state index in [2.05, 4.69) is 4.33 Å². The van der Waals surface area contributed by atoms with Gasteiger partial charge in [-0.1, -0.05) is 4.33 Å². The molecular formula is C3H13NO8S. The van der Waals surface area contributed by atoms with Crippen LogP contribution in [0.5, 0.6) is 0 Å². The van der Waals surface area contributed by atoms with E-state index in [1.54, 1.807) is 0 Å². The quantitative estimate of drug-likeness (QED) is 0.233. The van der Waals surface area contributed by atoms with E-state index in [9.17, 15) is 4.79 Å². The maximum Gasteiger partial charge on any atom is 0.423 e. The van der Waals surface area contributed by atoms with Gasteiger partial charge in [-0.3, -0.25) is 15.1 Å². The van der Waals surface area contributed by atoms with E-state index < -0.39 is 10.4 Å². The second-order valence-electron chi connectivity index (χ2n) is 1.41. The molecular weight excluding hydrogens is 210 g/mol. The standard InChI is InChI=1S/C3H6O.H3N.H2O5S.H2O2/c1-3(2)4;;1-5-6(2,3)4;1-2/h1-2H3;1H3;1H,(H,2,3,4);1-2H. The first-order valence-corrected chi connectivity index (χ1v) is 3.63. The van der Waals surface area contributed by atoms with Crippen LogP contribution in [-0.2, 0) is 19.5 Å². The second kappa shape index (κ2) is 13.9. The van der Waals surface area contributed by atoms with Gasteiger partial charge in [0.1, 0.15) is 5.78 Å². The van der Waals surface area contributed by atoms with Gasteiger partial charge in [-0.05, 0) is 13.8 Å². The van der Waals surface area contributed by atoms with E-state index >= 15 is 0 Å². The molecule has 0 unspecified atom stereocenters. The lowest BCUT2D eigenvalue weighted by molar-refractivity contribution is -0.176. The fourth-order valence-electron chi connectivity index (χ4n) is 0. The number of carbonyl (C=O) groups is 1. The molecule has 0 aliphatic carbocycles. The fraction of sp³-hybridized carbons (Fsp3) is 0.667. The zero-order valence-corrected chi connectivity index (χ0v) is 7.85. The van der Waals surface area contributed by atoms with Gasteiger partial charge in [0.25, 0.3) is 0 Å². The molecule has 0 fully saturated rings. The number of hydrogen-bond acceptors (Lipinski definition) is 8. The second-order valence-corrected chi connectivity index (χ2v) is 2.42. The predicted octanol–water partition coefficient (Wildman–Crippen LogP) is 0.0535. The lowest BCUT2D eigenvalue weighted by atomic mass is 10.6. The van der Waals surface area contributed by atoms with E-state index in [0.29, 0.717) is 0 Å². The first-order valence-electron chi connectivity index (χ1n) is 2.27. The first kappa shape index (κ1) is 22.8. The Morgan fingerprint density at radius 2 is 1.31 bits per heavy atom. The summed E-state index contributed by atoms with van der Waals surface area (Å²) in [5, 5.41) is 19.1. The third kappa shape index (κ3) is 177. The summed E-state index contributed by atoms with van der Waals surface area (Å²) in [6.45, 7) is 3.06. The smallest absolute Gasteiger partial charge is 0.344 e. The van der Waals surface area contributed by atoms with Crippen molar-refractivity contribution in [3.05, 3.63) is 0 Å². The van der Waals surface area contributed by atoms with E-state index in [0.717, 1.165) is 0 Å². The third-order valence-corrected chi connectivity index (χ3v) is 0.283. The summed E-state index contributed by atoms with van der Waals surface area (Å²) < 4.78 is 28.0. The molecule has 0 spiro atoms. The van der Waals surface area contributed by atoms with Crippen LogP contribution in [0, 0.1) is 0 Å². The van der Waals surface area contributed by atoms with Gasteiger partial charge in [-0.15, -0.1) is 0 Å². The van der Waals surface area contributed by atoms with Crippen LogP contribution < -0.4 is 6.15 Å². The van der Waals surface area contributed by atoms with Crippen molar-refractivity contribution in [3.8, 4) is 0 Å². The monoisotopic (exact) mass is 223 g/mol. The molecule has 0 aromatic heterocycles. The van der Waals surface area contributed by atoms with Gasteiger partial charge in [0.15, 0.2) is 0 Å². The molecule has 0 aromatic carbocycles. The Labute approximate surface area is 75.0 Å². The van der Waals surface area contributed by atoms with Crippen LogP contribution in [0.25, 0.3) is 0 Å². The summed E-state index contributed by atoms with van der Waals surface area (Å²) in [5.41, 5.74) is 0. The minimum absolute atomic E-state index is 0. The summed E-state index contributed by atoms with van der Waals surface area (Å²) in [7, 11) is -4.61. The minimum Gasteiger partial charge on any atom is -0.344 e. The molecule has 0 saturated carbocycles. The Hall–Kier alpha value is -0.620. The highest BCUT2D eigenvalue weighted by Gasteiger charge is 1.97. The minimum atomic E-state index is -4.61. The van der Waals surface area contributed by atoms with Gasteiger partial charge < -0.3 is 10.9 Å².